The van der Waals surface area contributed by atoms with Gasteiger partial charge in [0.25, 0.3) is 0 Å². The molecule has 3 rings (SSSR count). The summed E-state index contributed by atoms with van der Waals surface area (Å²) < 4.78 is 5.76. The molecule has 0 spiro atoms. The van der Waals surface area contributed by atoms with E-state index in [2.05, 4.69) is 15.8 Å². The first-order chi connectivity index (χ1) is 13.6. The molecule has 0 aliphatic carbocycles. The number of para-hydroxylation sites is 1. The average molecular weight is 430 g/mol. The second-order valence-corrected chi connectivity index (χ2v) is 6.97. The van der Waals surface area contributed by atoms with E-state index in [1.807, 2.05) is 54.6 Å². The number of hydrazone groups is 1. The Bertz CT molecular complexity index is 943. The third-order valence-corrected chi connectivity index (χ3v) is 4.64. The van der Waals surface area contributed by atoms with Crippen LogP contribution in [0.5, 0.6) is 5.75 Å². The van der Waals surface area contributed by atoms with Gasteiger partial charge in [-0.05, 0) is 66.3 Å². The van der Waals surface area contributed by atoms with Gasteiger partial charge in [-0.15, -0.1) is 0 Å². The Kier molecular flexibility index (Phi) is 7.25. The SMILES string of the molecule is S=C(N/N=C/c1ccc(OCc2c(Cl)cccc2Cl)cc1)Nc1ccccc1. The highest BCUT2D eigenvalue weighted by molar-refractivity contribution is 7.80. The molecular formula is C21H17Cl2N3OS. The van der Waals surface area contributed by atoms with E-state index in [1.54, 1.807) is 24.4 Å². The number of thiocarbonyl (C=S) groups is 1. The zero-order valence-corrected chi connectivity index (χ0v) is 17.1. The molecule has 0 aliphatic rings. The largest absolute Gasteiger partial charge is 0.489 e. The molecule has 28 heavy (non-hydrogen) atoms. The number of nitrogens with zero attached hydrogens (tertiary/aromatic N) is 1. The first-order valence-electron chi connectivity index (χ1n) is 8.42. The first kappa shape index (κ1) is 20.1. The van der Waals surface area contributed by atoms with E-state index >= 15 is 0 Å². The quantitative estimate of drug-likeness (QED) is 0.291. The van der Waals surface area contributed by atoms with E-state index in [0.29, 0.717) is 27.5 Å². The fourth-order valence-corrected chi connectivity index (χ4v) is 3.00. The molecule has 3 aromatic rings. The minimum atomic E-state index is 0.299. The van der Waals surface area contributed by atoms with E-state index in [4.69, 9.17) is 40.2 Å². The maximum absolute atomic E-state index is 6.15. The molecule has 0 amide bonds. The molecule has 0 unspecified atom stereocenters. The predicted molar refractivity (Wildman–Crippen MR) is 121 cm³/mol. The number of hydrogen-bond donors (Lipinski definition) is 2. The van der Waals surface area contributed by atoms with Crippen molar-refractivity contribution >= 4 is 52.4 Å². The zero-order valence-electron chi connectivity index (χ0n) is 14.7. The Morgan fingerprint density at radius 1 is 0.929 bits per heavy atom. The smallest absolute Gasteiger partial charge is 0.191 e. The van der Waals surface area contributed by atoms with Gasteiger partial charge in [0.15, 0.2) is 5.11 Å². The van der Waals surface area contributed by atoms with Gasteiger partial charge >= 0.3 is 0 Å². The summed E-state index contributed by atoms with van der Waals surface area (Å²) in [5, 5.41) is 8.76. The molecule has 4 nitrogen and oxygen atoms in total. The van der Waals surface area contributed by atoms with Crippen molar-refractivity contribution < 1.29 is 4.74 Å². The Labute approximate surface area is 179 Å². The van der Waals surface area contributed by atoms with Crippen LogP contribution < -0.4 is 15.5 Å². The second-order valence-electron chi connectivity index (χ2n) is 5.75. The van der Waals surface area contributed by atoms with E-state index in [-0.39, 0.29) is 0 Å². The van der Waals surface area contributed by atoms with Crippen LogP contribution >= 0.6 is 35.4 Å². The van der Waals surface area contributed by atoms with Gasteiger partial charge in [-0.2, -0.15) is 5.10 Å². The number of nitrogens with one attached hydrogen (secondary N) is 2. The highest BCUT2D eigenvalue weighted by atomic mass is 35.5. The fourth-order valence-electron chi connectivity index (χ4n) is 2.32. The van der Waals surface area contributed by atoms with Crippen LogP contribution in [-0.2, 0) is 6.61 Å². The van der Waals surface area contributed by atoms with Crippen molar-refractivity contribution in [2.75, 3.05) is 5.32 Å². The summed E-state index contributed by atoms with van der Waals surface area (Å²) in [4.78, 5) is 0. The topological polar surface area (TPSA) is 45.7 Å². The first-order valence-corrected chi connectivity index (χ1v) is 9.59. The standard InChI is InChI=1S/C21H17Cl2N3OS/c22-19-7-4-8-20(23)18(19)14-27-17-11-9-15(10-12-17)13-24-26-21(28)25-16-5-2-1-3-6-16/h1-13H,14H2,(H2,25,26,28)/b24-13+. The van der Waals surface area contributed by atoms with Crippen molar-refractivity contribution in [1.29, 1.82) is 0 Å². The summed E-state index contributed by atoms with van der Waals surface area (Å²) in [6.07, 6.45) is 1.67. The van der Waals surface area contributed by atoms with Gasteiger partial charge in [-0.3, -0.25) is 5.43 Å². The fraction of sp³-hybridized carbons (Fsp3) is 0.0476. The minimum Gasteiger partial charge on any atom is -0.489 e. The van der Waals surface area contributed by atoms with Crippen molar-refractivity contribution in [2.45, 2.75) is 6.61 Å². The van der Waals surface area contributed by atoms with Crippen LogP contribution in [0, 0.1) is 0 Å². The van der Waals surface area contributed by atoms with Gasteiger partial charge < -0.3 is 10.1 Å². The van der Waals surface area contributed by atoms with E-state index in [1.165, 1.54) is 0 Å². The zero-order chi connectivity index (χ0) is 19.8. The predicted octanol–water partition coefficient (Wildman–Crippen LogP) is 5.89. The van der Waals surface area contributed by atoms with Gasteiger partial charge in [-0.25, -0.2) is 0 Å². The van der Waals surface area contributed by atoms with Crippen LogP contribution in [0.1, 0.15) is 11.1 Å². The number of benzene rings is 3. The second kappa shape index (κ2) is 10.1. The Morgan fingerprint density at radius 3 is 2.29 bits per heavy atom. The summed E-state index contributed by atoms with van der Waals surface area (Å²) >= 11 is 17.5. The highest BCUT2D eigenvalue weighted by Crippen LogP contribution is 2.25. The van der Waals surface area contributed by atoms with Crippen LogP contribution in [-0.4, -0.2) is 11.3 Å². The molecule has 7 heteroatoms. The molecule has 0 saturated carbocycles. The third-order valence-electron chi connectivity index (χ3n) is 3.74. The lowest BCUT2D eigenvalue weighted by molar-refractivity contribution is 0.306. The maximum Gasteiger partial charge on any atom is 0.191 e. The highest BCUT2D eigenvalue weighted by Gasteiger charge is 2.06. The van der Waals surface area contributed by atoms with Gasteiger partial charge in [0.1, 0.15) is 12.4 Å². The van der Waals surface area contributed by atoms with Crippen LogP contribution in [0.2, 0.25) is 10.0 Å². The molecule has 0 radical (unpaired) electrons. The van der Waals surface area contributed by atoms with Crippen LogP contribution in [0.25, 0.3) is 0 Å². The Morgan fingerprint density at radius 2 is 1.61 bits per heavy atom. The molecule has 0 heterocycles. The van der Waals surface area contributed by atoms with Gasteiger partial charge in [0.2, 0.25) is 0 Å². The summed E-state index contributed by atoms with van der Waals surface area (Å²) in [6, 6.07) is 22.5. The van der Waals surface area contributed by atoms with Gasteiger partial charge in [0.05, 0.1) is 6.21 Å². The van der Waals surface area contributed by atoms with Crippen molar-refractivity contribution in [3.63, 3.8) is 0 Å². The summed E-state index contributed by atoms with van der Waals surface area (Å²) in [6.45, 7) is 0.299. The van der Waals surface area contributed by atoms with Crippen molar-refractivity contribution in [1.82, 2.24) is 5.43 Å². The third kappa shape index (κ3) is 5.96. The lowest BCUT2D eigenvalue weighted by Crippen LogP contribution is -2.23. The molecule has 142 valence electrons. The van der Waals surface area contributed by atoms with Crippen LogP contribution in [0.4, 0.5) is 5.69 Å². The number of anilines is 1. The Hall–Kier alpha value is -2.60. The molecule has 0 atom stereocenters. The lowest BCUT2D eigenvalue weighted by Gasteiger charge is -2.09. The minimum absolute atomic E-state index is 0.299. The van der Waals surface area contributed by atoms with Crippen LogP contribution in [0.3, 0.4) is 0 Å². The number of ether oxygens (including phenoxy) is 1. The average Bonchev–Trinajstić information content (AvgIpc) is 2.69. The van der Waals surface area contributed by atoms with Crippen LogP contribution in [0.15, 0.2) is 77.9 Å². The molecule has 0 aromatic heterocycles. The van der Waals surface area contributed by atoms with E-state index in [9.17, 15) is 0 Å². The molecule has 3 aromatic carbocycles. The van der Waals surface area contributed by atoms with Crippen molar-refractivity contribution in [2.24, 2.45) is 5.10 Å². The van der Waals surface area contributed by atoms with Gasteiger partial charge in [-0.1, -0.05) is 47.5 Å². The molecule has 0 saturated heterocycles. The molecule has 0 aliphatic heterocycles. The van der Waals surface area contributed by atoms with E-state index < -0.39 is 0 Å². The van der Waals surface area contributed by atoms with Gasteiger partial charge in [0, 0.05) is 21.3 Å². The molecule has 0 bridgehead atoms. The Balaban J connectivity index is 1.50. The van der Waals surface area contributed by atoms with Crippen molar-refractivity contribution in [3.05, 3.63) is 94.0 Å². The summed E-state index contributed by atoms with van der Waals surface area (Å²) in [5.41, 5.74) is 5.35. The summed E-state index contributed by atoms with van der Waals surface area (Å²) in [7, 11) is 0. The lowest BCUT2D eigenvalue weighted by atomic mass is 10.2. The molecule has 0 fully saturated rings. The number of rotatable bonds is 6. The summed E-state index contributed by atoms with van der Waals surface area (Å²) in [5.74, 6) is 0.711. The van der Waals surface area contributed by atoms with E-state index in [0.717, 1.165) is 16.8 Å². The molecule has 2 N–H and O–H groups in total. The normalized spacial score (nSPS) is 10.6. The maximum atomic E-state index is 6.15. The number of halogens is 2. The monoisotopic (exact) mass is 429 g/mol. The van der Waals surface area contributed by atoms with Crippen molar-refractivity contribution in [3.8, 4) is 5.75 Å². The number of hydrogen-bond acceptors (Lipinski definition) is 3. The molecular weight excluding hydrogens is 413 g/mol.